The van der Waals surface area contributed by atoms with Gasteiger partial charge in [-0.1, -0.05) is 12.6 Å². The van der Waals surface area contributed by atoms with Crippen LogP contribution in [-0.2, 0) is 19.1 Å². The molecule has 0 bridgehead atoms. The molecular formula is C33H40N8O6. The molecule has 0 aliphatic carbocycles. The molecule has 3 aromatic heterocycles. The molecule has 5 rings (SSSR count). The maximum absolute atomic E-state index is 13.3. The first kappa shape index (κ1) is 33.3. The second-order valence-corrected chi connectivity index (χ2v) is 12.5. The summed E-state index contributed by atoms with van der Waals surface area (Å²) in [5.41, 5.74) is 1.22. The van der Waals surface area contributed by atoms with Gasteiger partial charge in [-0.15, -0.1) is 0 Å². The zero-order valence-electron chi connectivity index (χ0n) is 26.8. The Hall–Kier alpha value is -5.11. The zero-order valence-corrected chi connectivity index (χ0v) is 26.8. The van der Waals surface area contributed by atoms with Crippen molar-refractivity contribution in [3.8, 4) is 11.4 Å². The zero-order chi connectivity index (χ0) is 33.6. The van der Waals surface area contributed by atoms with Crippen molar-refractivity contribution in [2.75, 3.05) is 30.3 Å². The van der Waals surface area contributed by atoms with Crippen LogP contribution in [0.4, 0.5) is 16.3 Å². The average molecular weight is 645 g/mol. The molecule has 0 spiro atoms. The molecule has 14 nitrogen and oxygen atoms in total. The van der Waals surface area contributed by atoms with E-state index in [-0.39, 0.29) is 36.7 Å². The number of piperidine rings is 1. The van der Waals surface area contributed by atoms with Crippen LogP contribution in [-0.4, -0.2) is 79.8 Å². The van der Waals surface area contributed by atoms with Crippen LogP contribution in [0.25, 0.3) is 11.4 Å². The van der Waals surface area contributed by atoms with Gasteiger partial charge in [0.2, 0.25) is 11.8 Å². The smallest absolute Gasteiger partial charge is 0.410 e. The molecule has 2 saturated heterocycles. The third-order valence-corrected chi connectivity index (χ3v) is 7.62. The van der Waals surface area contributed by atoms with Crippen LogP contribution in [0.5, 0.6) is 0 Å². The molecule has 4 amide bonds. The van der Waals surface area contributed by atoms with E-state index < -0.39 is 35.5 Å². The standard InChI is InChI=1S/C33H40N8O6/c1-5-28(42)36-23-17-21(19-40(20-23)32(45)47-33(2,3)4)30(43)37-22-12-13-27(34-18-22)39-31(44)25-10-8-9-24(38-25)26-14-15-35-41(26)29-11-6-7-16-46-29/h5,8-10,12-15,18,21,23,29H,1,6-7,11,16-17,19-20H2,2-4H3,(H,36,42)(H,37,43)(H,34,39,44)/t21-,23+,29?/m1/s1. The largest absolute Gasteiger partial charge is 0.444 e. The summed E-state index contributed by atoms with van der Waals surface area (Å²) < 4.78 is 13.2. The van der Waals surface area contributed by atoms with Crippen molar-refractivity contribution in [1.82, 2.24) is 30.0 Å². The summed E-state index contributed by atoms with van der Waals surface area (Å²) in [5, 5.41) is 12.8. The van der Waals surface area contributed by atoms with E-state index in [1.807, 2.05) is 12.1 Å². The maximum Gasteiger partial charge on any atom is 0.410 e. The number of carbonyl (C=O) groups excluding carboxylic acids is 4. The van der Waals surface area contributed by atoms with E-state index in [0.29, 0.717) is 24.4 Å². The molecule has 2 aliphatic rings. The quantitative estimate of drug-likeness (QED) is 0.305. The highest BCUT2D eigenvalue weighted by molar-refractivity contribution is 6.02. The molecule has 2 fully saturated rings. The number of rotatable bonds is 8. The molecule has 3 N–H and O–H groups in total. The SMILES string of the molecule is C=CC(=O)N[C@H]1C[C@@H](C(=O)Nc2ccc(NC(=O)c3cccc(-c4ccnn4C4CCCCO4)n3)nc2)CN(C(=O)OC(C)(C)C)C1. The number of amides is 4. The van der Waals surface area contributed by atoms with Crippen molar-refractivity contribution in [2.45, 2.75) is 64.3 Å². The molecule has 0 aromatic carbocycles. The van der Waals surface area contributed by atoms with Gasteiger partial charge in [0, 0.05) is 31.9 Å². The van der Waals surface area contributed by atoms with E-state index in [9.17, 15) is 19.2 Å². The van der Waals surface area contributed by atoms with Crippen molar-refractivity contribution in [2.24, 2.45) is 5.92 Å². The van der Waals surface area contributed by atoms with Crippen molar-refractivity contribution in [3.05, 3.63) is 67.1 Å². The molecule has 2 aliphatic heterocycles. The fraction of sp³-hybridized carbons (Fsp3) is 0.424. The number of nitrogens with zero attached hydrogens (tertiary/aromatic N) is 5. The molecule has 5 heterocycles. The lowest BCUT2D eigenvalue weighted by Crippen LogP contribution is -2.55. The molecule has 1 unspecified atom stereocenters. The van der Waals surface area contributed by atoms with Crippen molar-refractivity contribution >= 4 is 35.3 Å². The number of pyridine rings is 2. The molecule has 0 saturated carbocycles. The predicted molar refractivity (Wildman–Crippen MR) is 173 cm³/mol. The first-order chi connectivity index (χ1) is 22.5. The fourth-order valence-electron chi connectivity index (χ4n) is 5.46. The first-order valence-corrected chi connectivity index (χ1v) is 15.6. The summed E-state index contributed by atoms with van der Waals surface area (Å²) >= 11 is 0. The summed E-state index contributed by atoms with van der Waals surface area (Å²) in [6, 6.07) is 9.73. The Morgan fingerprint density at radius 2 is 1.89 bits per heavy atom. The number of hydrogen-bond donors (Lipinski definition) is 3. The fourth-order valence-corrected chi connectivity index (χ4v) is 5.46. The summed E-state index contributed by atoms with van der Waals surface area (Å²) in [6.45, 7) is 9.74. The Balaban J connectivity index is 1.21. The van der Waals surface area contributed by atoms with E-state index in [1.54, 1.807) is 55.9 Å². The van der Waals surface area contributed by atoms with Crippen LogP contribution in [0, 0.1) is 5.92 Å². The number of hydrogen-bond acceptors (Lipinski definition) is 9. The van der Waals surface area contributed by atoms with E-state index in [0.717, 1.165) is 31.0 Å². The van der Waals surface area contributed by atoms with Gasteiger partial charge < -0.3 is 30.3 Å². The van der Waals surface area contributed by atoms with Crippen LogP contribution in [0.1, 0.15) is 63.2 Å². The van der Waals surface area contributed by atoms with Crippen LogP contribution in [0.2, 0.25) is 0 Å². The molecule has 248 valence electrons. The van der Waals surface area contributed by atoms with Crippen LogP contribution < -0.4 is 16.0 Å². The van der Waals surface area contributed by atoms with Gasteiger partial charge in [0.15, 0.2) is 6.23 Å². The lowest BCUT2D eigenvalue weighted by Gasteiger charge is -2.37. The number of nitrogens with one attached hydrogen (secondary N) is 3. The average Bonchev–Trinajstić information content (AvgIpc) is 3.55. The minimum absolute atomic E-state index is 0.114. The lowest BCUT2D eigenvalue weighted by atomic mass is 9.93. The summed E-state index contributed by atoms with van der Waals surface area (Å²) in [7, 11) is 0. The second kappa shape index (κ2) is 14.5. The molecule has 14 heteroatoms. The highest BCUT2D eigenvalue weighted by atomic mass is 16.6. The predicted octanol–water partition coefficient (Wildman–Crippen LogP) is 4.16. The topological polar surface area (TPSA) is 170 Å². The molecular weight excluding hydrogens is 604 g/mol. The van der Waals surface area contributed by atoms with Crippen molar-refractivity contribution in [3.63, 3.8) is 0 Å². The Labute approximate surface area is 272 Å². The Kier molecular flexibility index (Phi) is 10.3. The third kappa shape index (κ3) is 8.79. The normalized spacial score (nSPS) is 19.7. The number of anilines is 2. The highest BCUT2D eigenvalue weighted by Crippen LogP contribution is 2.28. The number of carbonyl (C=O) groups is 4. The van der Waals surface area contributed by atoms with Crippen LogP contribution >= 0.6 is 0 Å². The minimum atomic E-state index is -0.721. The molecule has 3 aromatic rings. The van der Waals surface area contributed by atoms with Gasteiger partial charge >= 0.3 is 6.09 Å². The Morgan fingerprint density at radius 3 is 2.60 bits per heavy atom. The first-order valence-electron chi connectivity index (χ1n) is 15.6. The van der Waals surface area contributed by atoms with Gasteiger partial charge in [0.1, 0.15) is 17.1 Å². The van der Waals surface area contributed by atoms with Crippen LogP contribution in [0.3, 0.4) is 0 Å². The van der Waals surface area contributed by atoms with Gasteiger partial charge in [0.25, 0.3) is 5.91 Å². The van der Waals surface area contributed by atoms with Gasteiger partial charge in [-0.2, -0.15) is 5.10 Å². The number of ether oxygens (including phenoxy) is 2. The van der Waals surface area contributed by atoms with E-state index in [1.165, 1.54) is 11.1 Å². The molecule has 3 atom stereocenters. The number of likely N-dealkylation sites (tertiary alicyclic amines) is 1. The third-order valence-electron chi connectivity index (χ3n) is 7.62. The summed E-state index contributed by atoms with van der Waals surface area (Å²) in [6.07, 6.45) is 6.76. The van der Waals surface area contributed by atoms with Crippen molar-refractivity contribution in [1.29, 1.82) is 0 Å². The van der Waals surface area contributed by atoms with Crippen molar-refractivity contribution < 1.29 is 28.7 Å². The Bertz CT molecular complexity index is 1610. The van der Waals surface area contributed by atoms with E-state index in [4.69, 9.17) is 9.47 Å². The van der Waals surface area contributed by atoms with E-state index in [2.05, 4.69) is 37.6 Å². The molecule has 0 radical (unpaired) electrons. The van der Waals surface area contributed by atoms with Gasteiger partial charge in [-0.05, 0) is 82.9 Å². The minimum Gasteiger partial charge on any atom is -0.444 e. The monoisotopic (exact) mass is 644 g/mol. The van der Waals surface area contributed by atoms with Gasteiger partial charge in [0.05, 0.1) is 29.2 Å². The van der Waals surface area contributed by atoms with E-state index >= 15 is 0 Å². The summed E-state index contributed by atoms with van der Waals surface area (Å²) in [4.78, 5) is 61.4. The summed E-state index contributed by atoms with van der Waals surface area (Å²) in [5.74, 6) is -1.57. The number of aromatic nitrogens is 4. The second-order valence-electron chi connectivity index (χ2n) is 12.5. The maximum atomic E-state index is 13.3. The Morgan fingerprint density at radius 1 is 1.06 bits per heavy atom. The highest BCUT2D eigenvalue weighted by Gasteiger charge is 2.36. The van der Waals surface area contributed by atoms with Gasteiger partial charge in [-0.3, -0.25) is 14.4 Å². The van der Waals surface area contributed by atoms with Crippen LogP contribution in [0.15, 0.2) is 61.4 Å². The molecule has 47 heavy (non-hydrogen) atoms. The van der Waals surface area contributed by atoms with Gasteiger partial charge in [-0.25, -0.2) is 19.4 Å². The lowest BCUT2D eigenvalue weighted by molar-refractivity contribution is -0.123.